The van der Waals surface area contributed by atoms with E-state index in [1.54, 1.807) is 29.0 Å². The van der Waals surface area contributed by atoms with Crippen LogP contribution in [0.5, 0.6) is 0 Å². The minimum Gasteiger partial charge on any atom is -0.361 e. The number of hydrogen-bond donors (Lipinski definition) is 0. The molecule has 0 N–H and O–H groups in total. The number of rotatable bonds is 4. The van der Waals surface area contributed by atoms with Gasteiger partial charge in [0, 0.05) is 23.4 Å². The zero-order chi connectivity index (χ0) is 20.0. The summed E-state index contributed by atoms with van der Waals surface area (Å²) in [4.78, 5) is 12.0. The van der Waals surface area contributed by atoms with Crippen molar-refractivity contribution in [3.8, 4) is 11.1 Å². The van der Waals surface area contributed by atoms with Crippen LogP contribution in [0.4, 0.5) is 4.39 Å². The molecular weight excluding hydrogens is 343 g/mol. The zero-order valence-electron chi connectivity index (χ0n) is 16.6. The largest absolute Gasteiger partial charge is 0.361 e. The second kappa shape index (κ2) is 9.31. The number of nitrogens with zero attached hydrogens (tertiary/aromatic N) is 2. The van der Waals surface area contributed by atoms with E-state index in [0.29, 0.717) is 12.3 Å². The lowest BCUT2D eigenvalue weighted by molar-refractivity contribution is 0.393. The normalized spacial score (nSPS) is 10.6. The molecule has 3 aromatic rings. The highest BCUT2D eigenvalue weighted by Gasteiger charge is 2.12. The highest BCUT2D eigenvalue weighted by Crippen LogP contribution is 2.25. The fraction of sp³-hybridized carbons (Fsp3) is 0.364. The van der Waals surface area contributed by atoms with Crippen LogP contribution in [0.15, 0.2) is 51.9 Å². The molecule has 27 heavy (non-hydrogen) atoms. The molecule has 0 amide bonds. The van der Waals surface area contributed by atoms with Crippen molar-refractivity contribution in [1.82, 2.24) is 9.72 Å². The summed E-state index contributed by atoms with van der Waals surface area (Å²) < 4.78 is 20.0. The molecule has 5 heteroatoms. The van der Waals surface area contributed by atoms with Crippen molar-refractivity contribution < 1.29 is 8.91 Å². The molecule has 2 aromatic heterocycles. The van der Waals surface area contributed by atoms with Crippen LogP contribution in [0.3, 0.4) is 0 Å². The van der Waals surface area contributed by atoms with E-state index in [1.807, 2.05) is 13.8 Å². The molecule has 0 saturated carbocycles. The first-order valence-corrected chi connectivity index (χ1v) is 9.20. The quantitative estimate of drug-likeness (QED) is 0.621. The Morgan fingerprint density at radius 2 is 1.89 bits per heavy atom. The van der Waals surface area contributed by atoms with E-state index in [0.717, 1.165) is 28.3 Å². The number of aromatic nitrogens is 2. The maximum absolute atomic E-state index is 13.3. The molecule has 0 atom stereocenters. The molecule has 4 nitrogen and oxygen atoms in total. The standard InChI is InChI=1S/C17H15FN2O2.C5H12/c1-11-17(12(2)22-19-11)14-6-7-16(21)20(10-14)9-13-4-3-5-15(18)8-13;1-4-5(2)3/h3-8,10H,9H2,1-2H3;5H,4H2,1-3H3. The molecule has 0 aliphatic rings. The van der Waals surface area contributed by atoms with Crippen molar-refractivity contribution in [3.05, 3.63) is 75.8 Å². The first-order valence-electron chi connectivity index (χ1n) is 9.20. The number of hydrogen-bond acceptors (Lipinski definition) is 3. The summed E-state index contributed by atoms with van der Waals surface area (Å²) >= 11 is 0. The summed E-state index contributed by atoms with van der Waals surface area (Å²) in [5, 5.41) is 3.93. The topological polar surface area (TPSA) is 48.0 Å². The maximum atomic E-state index is 13.3. The smallest absolute Gasteiger partial charge is 0.250 e. The predicted molar refractivity (Wildman–Crippen MR) is 106 cm³/mol. The van der Waals surface area contributed by atoms with Gasteiger partial charge in [0.25, 0.3) is 5.56 Å². The average molecular weight is 370 g/mol. The van der Waals surface area contributed by atoms with E-state index in [1.165, 1.54) is 24.6 Å². The van der Waals surface area contributed by atoms with Gasteiger partial charge in [0.05, 0.1) is 12.2 Å². The summed E-state index contributed by atoms with van der Waals surface area (Å²) in [7, 11) is 0. The van der Waals surface area contributed by atoms with Gasteiger partial charge in [0.15, 0.2) is 0 Å². The van der Waals surface area contributed by atoms with E-state index < -0.39 is 0 Å². The highest BCUT2D eigenvalue weighted by molar-refractivity contribution is 5.66. The van der Waals surface area contributed by atoms with Gasteiger partial charge in [-0.1, -0.05) is 44.5 Å². The lowest BCUT2D eigenvalue weighted by Gasteiger charge is -2.08. The third kappa shape index (κ3) is 5.64. The van der Waals surface area contributed by atoms with Crippen LogP contribution in [0.2, 0.25) is 0 Å². The van der Waals surface area contributed by atoms with Gasteiger partial charge in [-0.05, 0) is 43.5 Å². The molecule has 0 aliphatic heterocycles. The van der Waals surface area contributed by atoms with Crippen LogP contribution in [-0.2, 0) is 6.54 Å². The van der Waals surface area contributed by atoms with Gasteiger partial charge in [-0.15, -0.1) is 0 Å². The van der Waals surface area contributed by atoms with Gasteiger partial charge >= 0.3 is 0 Å². The molecule has 0 spiro atoms. The van der Waals surface area contributed by atoms with E-state index in [-0.39, 0.29) is 11.4 Å². The van der Waals surface area contributed by atoms with Crippen LogP contribution in [-0.4, -0.2) is 9.72 Å². The molecule has 1 aromatic carbocycles. The summed E-state index contributed by atoms with van der Waals surface area (Å²) in [6, 6.07) is 9.48. The Hall–Kier alpha value is -2.69. The second-order valence-electron chi connectivity index (χ2n) is 7.02. The van der Waals surface area contributed by atoms with Gasteiger partial charge in [0.1, 0.15) is 11.6 Å². The summed E-state index contributed by atoms with van der Waals surface area (Å²) in [6.45, 7) is 10.6. The van der Waals surface area contributed by atoms with Crippen LogP contribution in [0.25, 0.3) is 11.1 Å². The molecule has 0 radical (unpaired) electrons. The number of halogens is 1. The summed E-state index contributed by atoms with van der Waals surface area (Å²) in [5.74, 6) is 1.27. The number of pyridine rings is 1. The molecule has 2 heterocycles. The number of aryl methyl sites for hydroxylation is 2. The van der Waals surface area contributed by atoms with Crippen molar-refractivity contribution in [2.24, 2.45) is 5.92 Å². The third-order valence-corrected chi connectivity index (χ3v) is 4.36. The molecule has 0 unspecified atom stereocenters. The van der Waals surface area contributed by atoms with Gasteiger partial charge < -0.3 is 9.09 Å². The van der Waals surface area contributed by atoms with Gasteiger partial charge in [-0.25, -0.2) is 4.39 Å². The van der Waals surface area contributed by atoms with Crippen molar-refractivity contribution in [1.29, 1.82) is 0 Å². The Labute approximate surface area is 159 Å². The van der Waals surface area contributed by atoms with Crippen molar-refractivity contribution in [3.63, 3.8) is 0 Å². The molecule has 0 bridgehead atoms. The Balaban J connectivity index is 0.000000465. The Kier molecular flexibility index (Phi) is 7.11. The average Bonchev–Trinajstić information content (AvgIpc) is 2.96. The molecule has 3 rings (SSSR count). The monoisotopic (exact) mass is 370 g/mol. The maximum Gasteiger partial charge on any atom is 0.250 e. The molecule has 0 fully saturated rings. The van der Waals surface area contributed by atoms with Gasteiger partial charge in [-0.2, -0.15) is 0 Å². The molecule has 0 saturated heterocycles. The fourth-order valence-electron chi connectivity index (χ4n) is 2.53. The Bertz CT molecular complexity index is 922. The van der Waals surface area contributed by atoms with Gasteiger partial charge in [0.2, 0.25) is 0 Å². The summed E-state index contributed by atoms with van der Waals surface area (Å²) in [5.41, 5.74) is 3.10. The molecule has 0 aliphatic carbocycles. The van der Waals surface area contributed by atoms with Crippen molar-refractivity contribution >= 4 is 0 Å². The highest BCUT2D eigenvalue weighted by atomic mass is 19.1. The lowest BCUT2D eigenvalue weighted by Crippen LogP contribution is -2.19. The lowest BCUT2D eigenvalue weighted by atomic mass is 10.1. The minimum atomic E-state index is -0.313. The summed E-state index contributed by atoms with van der Waals surface area (Å²) in [6.07, 6.45) is 3.06. The van der Waals surface area contributed by atoms with Crippen molar-refractivity contribution in [2.45, 2.75) is 47.6 Å². The predicted octanol–water partition coefficient (Wildman–Crippen LogP) is 5.36. The fourth-order valence-corrected chi connectivity index (χ4v) is 2.53. The minimum absolute atomic E-state index is 0.139. The van der Waals surface area contributed by atoms with Gasteiger partial charge in [-0.3, -0.25) is 4.79 Å². The Morgan fingerprint density at radius 1 is 1.19 bits per heavy atom. The van der Waals surface area contributed by atoms with Crippen LogP contribution in [0, 0.1) is 25.6 Å². The third-order valence-electron chi connectivity index (χ3n) is 4.36. The SMILES string of the molecule is CCC(C)C.Cc1noc(C)c1-c1ccc(=O)n(Cc2cccc(F)c2)c1. The van der Waals surface area contributed by atoms with Crippen LogP contribution >= 0.6 is 0 Å². The van der Waals surface area contributed by atoms with E-state index in [2.05, 4.69) is 25.9 Å². The molecular formula is C22H27FN2O2. The number of benzene rings is 1. The first kappa shape index (κ1) is 20.6. The van der Waals surface area contributed by atoms with Crippen molar-refractivity contribution in [2.75, 3.05) is 0 Å². The van der Waals surface area contributed by atoms with E-state index in [9.17, 15) is 9.18 Å². The van der Waals surface area contributed by atoms with Crippen LogP contribution < -0.4 is 5.56 Å². The second-order valence-corrected chi connectivity index (χ2v) is 7.02. The Morgan fingerprint density at radius 3 is 2.44 bits per heavy atom. The first-order chi connectivity index (χ1) is 12.8. The van der Waals surface area contributed by atoms with Crippen LogP contribution in [0.1, 0.15) is 44.2 Å². The molecule has 144 valence electrons. The van der Waals surface area contributed by atoms with E-state index in [4.69, 9.17) is 4.52 Å². The van der Waals surface area contributed by atoms with E-state index >= 15 is 0 Å². The zero-order valence-corrected chi connectivity index (χ0v) is 16.6.